The van der Waals surface area contributed by atoms with Crippen molar-refractivity contribution < 1.29 is 9.90 Å². The van der Waals surface area contributed by atoms with Crippen molar-refractivity contribution in [2.45, 2.75) is 20.4 Å². The number of aliphatic carboxylic acids is 1. The lowest BCUT2D eigenvalue weighted by Gasteiger charge is -2.16. The summed E-state index contributed by atoms with van der Waals surface area (Å²) in [7, 11) is 1.82. The molecule has 0 aromatic heterocycles. The summed E-state index contributed by atoms with van der Waals surface area (Å²) < 4.78 is 0. The highest BCUT2D eigenvalue weighted by molar-refractivity contribution is 5.69. The molecule has 3 heteroatoms. The number of carboxylic acids is 1. The molecule has 0 aliphatic rings. The van der Waals surface area contributed by atoms with Crippen molar-refractivity contribution in [3.63, 3.8) is 0 Å². The summed E-state index contributed by atoms with van der Waals surface area (Å²) >= 11 is 0. The van der Waals surface area contributed by atoms with Crippen LogP contribution in [0.3, 0.4) is 0 Å². The summed E-state index contributed by atoms with van der Waals surface area (Å²) in [4.78, 5) is 12.3. The zero-order chi connectivity index (χ0) is 11.4. The van der Waals surface area contributed by atoms with Gasteiger partial charge in [-0.3, -0.25) is 9.69 Å². The maximum Gasteiger partial charge on any atom is 0.317 e. The van der Waals surface area contributed by atoms with E-state index in [1.807, 2.05) is 19.2 Å². The number of benzene rings is 1. The second-order valence-corrected chi connectivity index (χ2v) is 3.93. The Kier molecular flexibility index (Phi) is 3.86. The number of hydrogen-bond donors (Lipinski definition) is 1. The highest BCUT2D eigenvalue weighted by atomic mass is 16.4. The molecule has 0 spiro atoms. The molecule has 1 N–H and O–H groups in total. The van der Waals surface area contributed by atoms with Gasteiger partial charge < -0.3 is 5.11 Å². The molecule has 82 valence electrons. The Morgan fingerprint density at radius 2 is 2.07 bits per heavy atom. The molecule has 1 aromatic rings. The van der Waals surface area contributed by atoms with E-state index in [2.05, 4.69) is 19.9 Å². The summed E-state index contributed by atoms with van der Waals surface area (Å²) in [5.74, 6) is -0.789. The van der Waals surface area contributed by atoms with Gasteiger partial charge in [-0.25, -0.2) is 0 Å². The van der Waals surface area contributed by atoms with Gasteiger partial charge in [-0.1, -0.05) is 18.2 Å². The Bertz CT molecular complexity index is 361. The molecular formula is C12H17NO2. The van der Waals surface area contributed by atoms with Gasteiger partial charge in [0.05, 0.1) is 6.54 Å². The van der Waals surface area contributed by atoms with E-state index in [-0.39, 0.29) is 6.54 Å². The second-order valence-electron chi connectivity index (χ2n) is 3.93. The minimum Gasteiger partial charge on any atom is -0.480 e. The molecule has 0 aliphatic carbocycles. The van der Waals surface area contributed by atoms with Crippen LogP contribution in [-0.4, -0.2) is 29.6 Å². The quantitative estimate of drug-likeness (QED) is 0.818. The van der Waals surface area contributed by atoms with Crippen LogP contribution in [0.5, 0.6) is 0 Å². The minimum absolute atomic E-state index is 0.0768. The van der Waals surface area contributed by atoms with Gasteiger partial charge in [0.15, 0.2) is 0 Å². The Morgan fingerprint density at radius 3 is 2.67 bits per heavy atom. The lowest BCUT2D eigenvalue weighted by atomic mass is 10.0. The van der Waals surface area contributed by atoms with Crippen LogP contribution >= 0.6 is 0 Å². The second kappa shape index (κ2) is 4.94. The number of aryl methyl sites for hydroxylation is 1. The van der Waals surface area contributed by atoms with E-state index in [9.17, 15) is 4.79 Å². The summed E-state index contributed by atoms with van der Waals surface area (Å²) in [6.45, 7) is 4.89. The van der Waals surface area contributed by atoms with E-state index >= 15 is 0 Å². The van der Waals surface area contributed by atoms with Gasteiger partial charge in [-0.15, -0.1) is 0 Å². The van der Waals surface area contributed by atoms with E-state index in [4.69, 9.17) is 5.11 Å². The molecule has 0 heterocycles. The lowest BCUT2D eigenvalue weighted by Crippen LogP contribution is -2.25. The van der Waals surface area contributed by atoms with Crippen molar-refractivity contribution in [3.8, 4) is 0 Å². The van der Waals surface area contributed by atoms with Crippen LogP contribution in [0.25, 0.3) is 0 Å². The van der Waals surface area contributed by atoms with Crippen LogP contribution in [0.1, 0.15) is 16.7 Å². The SMILES string of the molecule is Cc1cccc(CN(C)CC(=O)O)c1C. The molecule has 0 bridgehead atoms. The Morgan fingerprint density at radius 1 is 1.40 bits per heavy atom. The zero-order valence-corrected chi connectivity index (χ0v) is 9.45. The van der Waals surface area contributed by atoms with E-state index in [0.717, 1.165) is 0 Å². The molecule has 1 rings (SSSR count). The minimum atomic E-state index is -0.789. The van der Waals surface area contributed by atoms with Crippen molar-refractivity contribution >= 4 is 5.97 Å². The first-order chi connectivity index (χ1) is 7.00. The van der Waals surface area contributed by atoms with E-state index in [1.54, 1.807) is 4.90 Å². The van der Waals surface area contributed by atoms with Crippen molar-refractivity contribution in [1.29, 1.82) is 0 Å². The lowest BCUT2D eigenvalue weighted by molar-refractivity contribution is -0.138. The van der Waals surface area contributed by atoms with Gasteiger partial charge in [-0.05, 0) is 37.6 Å². The van der Waals surface area contributed by atoms with Gasteiger partial charge >= 0.3 is 5.97 Å². The summed E-state index contributed by atoms with van der Waals surface area (Å²) in [6, 6.07) is 6.11. The molecule has 0 amide bonds. The molecule has 0 atom stereocenters. The van der Waals surface area contributed by atoms with Gasteiger partial charge in [-0.2, -0.15) is 0 Å². The highest BCUT2D eigenvalue weighted by Crippen LogP contribution is 2.14. The highest BCUT2D eigenvalue weighted by Gasteiger charge is 2.07. The number of likely N-dealkylation sites (N-methyl/N-ethyl adjacent to an activating group) is 1. The fraction of sp³-hybridized carbons (Fsp3) is 0.417. The molecular weight excluding hydrogens is 190 g/mol. The van der Waals surface area contributed by atoms with Crippen molar-refractivity contribution in [1.82, 2.24) is 4.90 Å². The first-order valence-electron chi connectivity index (χ1n) is 4.96. The van der Waals surface area contributed by atoms with Gasteiger partial charge in [0.25, 0.3) is 0 Å². The molecule has 0 aliphatic heterocycles. The molecule has 0 saturated heterocycles. The largest absolute Gasteiger partial charge is 0.480 e. The van der Waals surface area contributed by atoms with Crippen LogP contribution < -0.4 is 0 Å². The van der Waals surface area contributed by atoms with Crippen LogP contribution in [-0.2, 0) is 11.3 Å². The van der Waals surface area contributed by atoms with Crippen molar-refractivity contribution in [2.24, 2.45) is 0 Å². The molecule has 0 saturated carbocycles. The normalized spacial score (nSPS) is 10.7. The number of rotatable bonds is 4. The van der Waals surface area contributed by atoms with Crippen molar-refractivity contribution in [2.75, 3.05) is 13.6 Å². The van der Waals surface area contributed by atoms with Crippen LogP contribution in [0.4, 0.5) is 0 Å². The average Bonchev–Trinajstić information content (AvgIpc) is 2.11. The van der Waals surface area contributed by atoms with Gasteiger partial charge in [0.1, 0.15) is 0 Å². The standard InChI is InChI=1S/C12H17NO2/c1-9-5-4-6-11(10(9)2)7-13(3)8-12(14)15/h4-6H,7-8H2,1-3H3,(H,14,15). The third-order valence-electron chi connectivity index (χ3n) is 2.56. The Labute approximate surface area is 90.3 Å². The predicted molar refractivity (Wildman–Crippen MR) is 59.9 cm³/mol. The Balaban J connectivity index is 2.72. The topological polar surface area (TPSA) is 40.5 Å². The van der Waals surface area contributed by atoms with Crippen LogP contribution in [0.15, 0.2) is 18.2 Å². The first kappa shape index (κ1) is 11.7. The molecule has 0 fully saturated rings. The van der Waals surface area contributed by atoms with E-state index in [1.165, 1.54) is 16.7 Å². The van der Waals surface area contributed by atoms with Crippen LogP contribution in [0, 0.1) is 13.8 Å². The number of nitrogens with zero attached hydrogens (tertiary/aromatic N) is 1. The number of carbonyl (C=O) groups is 1. The van der Waals surface area contributed by atoms with Gasteiger partial charge in [0.2, 0.25) is 0 Å². The zero-order valence-electron chi connectivity index (χ0n) is 9.45. The van der Waals surface area contributed by atoms with Gasteiger partial charge in [0, 0.05) is 6.54 Å². The summed E-state index contributed by atoms with van der Waals surface area (Å²) in [5, 5.41) is 8.64. The van der Waals surface area contributed by atoms with Crippen LogP contribution in [0.2, 0.25) is 0 Å². The maximum absolute atomic E-state index is 10.5. The summed E-state index contributed by atoms with van der Waals surface area (Å²) in [6.07, 6.45) is 0. The van der Waals surface area contributed by atoms with E-state index < -0.39 is 5.97 Å². The molecule has 0 unspecified atom stereocenters. The molecule has 0 radical (unpaired) electrons. The average molecular weight is 207 g/mol. The molecule has 15 heavy (non-hydrogen) atoms. The Hall–Kier alpha value is -1.35. The first-order valence-corrected chi connectivity index (χ1v) is 4.96. The smallest absolute Gasteiger partial charge is 0.317 e. The monoisotopic (exact) mass is 207 g/mol. The van der Waals surface area contributed by atoms with Crippen molar-refractivity contribution in [3.05, 3.63) is 34.9 Å². The fourth-order valence-corrected chi connectivity index (χ4v) is 1.56. The fourth-order valence-electron chi connectivity index (χ4n) is 1.56. The number of hydrogen-bond acceptors (Lipinski definition) is 2. The third kappa shape index (κ3) is 3.36. The third-order valence-corrected chi connectivity index (χ3v) is 2.56. The predicted octanol–water partition coefficient (Wildman–Crippen LogP) is 1.82. The molecule has 3 nitrogen and oxygen atoms in total. The van der Waals surface area contributed by atoms with E-state index in [0.29, 0.717) is 6.54 Å². The maximum atomic E-state index is 10.5. The number of carboxylic acid groups (broad SMARTS) is 1. The summed E-state index contributed by atoms with van der Waals surface area (Å²) in [5.41, 5.74) is 3.68. The molecule has 1 aromatic carbocycles.